The molecule has 2 aromatic rings. The summed E-state index contributed by atoms with van der Waals surface area (Å²) >= 11 is 3.44. The van der Waals surface area contributed by atoms with E-state index in [1.807, 2.05) is 18.2 Å². The zero-order chi connectivity index (χ0) is 18.1. The maximum absolute atomic E-state index is 13.7. The van der Waals surface area contributed by atoms with Gasteiger partial charge in [-0.05, 0) is 25.1 Å². The summed E-state index contributed by atoms with van der Waals surface area (Å²) in [5, 5.41) is 15.4. The van der Waals surface area contributed by atoms with Gasteiger partial charge in [0.2, 0.25) is 0 Å². The second-order valence-corrected chi connectivity index (χ2v) is 7.23. The van der Waals surface area contributed by atoms with Gasteiger partial charge >= 0.3 is 5.97 Å². The van der Waals surface area contributed by atoms with Gasteiger partial charge < -0.3 is 9.84 Å². The first kappa shape index (κ1) is 18.3. The molecule has 1 fully saturated rings. The Hall–Kier alpha value is -1.51. The number of ether oxygens (including phenoxy) is 1. The van der Waals surface area contributed by atoms with E-state index in [9.17, 15) is 14.3 Å². The van der Waals surface area contributed by atoms with Crippen molar-refractivity contribution in [1.29, 1.82) is 0 Å². The lowest BCUT2D eigenvalue weighted by Crippen LogP contribution is -2.38. The number of methoxy groups -OCH3 is 1. The number of likely N-dealkylation sites (tertiary alicyclic amines) is 1. The van der Waals surface area contributed by atoms with Gasteiger partial charge in [-0.2, -0.15) is 5.10 Å². The van der Waals surface area contributed by atoms with Gasteiger partial charge in [-0.15, -0.1) is 0 Å². The van der Waals surface area contributed by atoms with Gasteiger partial charge in [0, 0.05) is 29.4 Å². The Labute approximate surface area is 153 Å². The number of rotatable bonds is 5. The monoisotopic (exact) mass is 413 g/mol. The molecule has 0 aliphatic carbocycles. The highest BCUT2D eigenvalue weighted by atomic mass is 79.9. The topological polar surface area (TPSA) is 67.6 Å². The fourth-order valence-corrected chi connectivity index (χ4v) is 3.72. The maximum atomic E-state index is 13.7. The average molecular weight is 414 g/mol. The molecule has 8 heteroatoms. The predicted molar refractivity (Wildman–Crippen MR) is 95.0 cm³/mol. The molecule has 25 heavy (non-hydrogen) atoms. The van der Waals surface area contributed by atoms with E-state index in [0.29, 0.717) is 18.8 Å². The van der Waals surface area contributed by atoms with Crippen molar-refractivity contribution in [3.05, 3.63) is 28.4 Å². The number of esters is 1. The average Bonchev–Trinajstić information content (AvgIpc) is 3.12. The number of aliphatic hydroxyl groups excluding tert-OH is 1. The van der Waals surface area contributed by atoms with Crippen LogP contribution < -0.4 is 0 Å². The normalized spacial score (nSPS) is 22.4. The fourth-order valence-electron chi connectivity index (χ4n) is 3.35. The largest absolute Gasteiger partial charge is 0.468 e. The van der Waals surface area contributed by atoms with Crippen LogP contribution in [0.15, 0.2) is 22.7 Å². The third-order valence-electron chi connectivity index (χ3n) is 4.56. The molecule has 1 aromatic carbocycles. The van der Waals surface area contributed by atoms with Gasteiger partial charge in [0.15, 0.2) is 0 Å². The Kier molecular flexibility index (Phi) is 5.41. The van der Waals surface area contributed by atoms with Gasteiger partial charge in [0.25, 0.3) is 0 Å². The van der Waals surface area contributed by atoms with Crippen molar-refractivity contribution in [3.63, 3.8) is 0 Å². The molecule has 1 aliphatic rings. The van der Waals surface area contributed by atoms with Crippen LogP contribution in [0.3, 0.4) is 0 Å². The molecule has 0 spiro atoms. The second kappa shape index (κ2) is 7.39. The molecule has 3 atom stereocenters. The highest BCUT2D eigenvalue weighted by Gasteiger charge is 2.37. The number of aromatic nitrogens is 2. The minimum absolute atomic E-state index is 0.165. The van der Waals surface area contributed by atoms with E-state index < -0.39 is 24.3 Å². The summed E-state index contributed by atoms with van der Waals surface area (Å²) in [6, 6.07) is 5.22. The van der Waals surface area contributed by atoms with Crippen LogP contribution in [0.1, 0.15) is 25.1 Å². The van der Waals surface area contributed by atoms with Crippen molar-refractivity contribution < 1.29 is 19.0 Å². The van der Waals surface area contributed by atoms with E-state index in [-0.39, 0.29) is 13.0 Å². The van der Waals surface area contributed by atoms with Gasteiger partial charge in [-0.1, -0.05) is 15.9 Å². The molecule has 0 bridgehead atoms. The van der Waals surface area contributed by atoms with Crippen LogP contribution in [-0.4, -0.2) is 58.2 Å². The maximum Gasteiger partial charge on any atom is 0.323 e. The van der Waals surface area contributed by atoms with E-state index in [1.54, 1.807) is 16.5 Å². The molecule has 3 rings (SSSR count). The van der Waals surface area contributed by atoms with E-state index >= 15 is 0 Å². The van der Waals surface area contributed by atoms with E-state index in [2.05, 4.69) is 21.0 Å². The predicted octanol–water partition coefficient (Wildman–Crippen LogP) is 2.44. The number of nitrogens with zero attached hydrogens (tertiary/aromatic N) is 3. The summed E-state index contributed by atoms with van der Waals surface area (Å²) in [7, 11) is 1.32. The van der Waals surface area contributed by atoms with Crippen molar-refractivity contribution in [2.75, 3.05) is 20.2 Å². The highest BCUT2D eigenvalue weighted by molar-refractivity contribution is 9.10. The molecule has 0 saturated carbocycles. The minimum Gasteiger partial charge on any atom is -0.468 e. The Morgan fingerprint density at radius 3 is 2.96 bits per heavy atom. The first-order valence-electron chi connectivity index (χ1n) is 8.20. The summed E-state index contributed by atoms with van der Waals surface area (Å²) in [6.45, 7) is 2.86. The lowest BCUT2D eigenvalue weighted by molar-refractivity contribution is -0.145. The number of halogens is 2. The zero-order valence-electron chi connectivity index (χ0n) is 14.2. The van der Waals surface area contributed by atoms with Gasteiger partial charge in [0.1, 0.15) is 12.2 Å². The molecule has 1 aliphatic heterocycles. The van der Waals surface area contributed by atoms with Crippen LogP contribution in [0.4, 0.5) is 4.39 Å². The van der Waals surface area contributed by atoms with E-state index in [4.69, 9.17) is 4.74 Å². The highest BCUT2D eigenvalue weighted by Crippen LogP contribution is 2.27. The van der Waals surface area contributed by atoms with Crippen molar-refractivity contribution in [1.82, 2.24) is 14.7 Å². The number of hydrogen-bond acceptors (Lipinski definition) is 5. The summed E-state index contributed by atoms with van der Waals surface area (Å²) in [5.74, 6) is -0.404. The SMILES string of the molecule is COC(=O)[C@@H]1C[C@@H](F)CN1CCn1nc(C(C)O)c2cc(Br)ccc21. The third-order valence-corrected chi connectivity index (χ3v) is 5.05. The van der Waals surface area contributed by atoms with Crippen LogP contribution in [0, 0.1) is 0 Å². The Morgan fingerprint density at radius 2 is 2.28 bits per heavy atom. The van der Waals surface area contributed by atoms with Crippen molar-refractivity contribution in [2.24, 2.45) is 0 Å². The number of aliphatic hydroxyl groups is 1. The zero-order valence-corrected chi connectivity index (χ0v) is 15.7. The lowest BCUT2D eigenvalue weighted by atomic mass is 10.1. The molecule has 1 N–H and O–H groups in total. The van der Waals surface area contributed by atoms with Crippen LogP contribution in [-0.2, 0) is 16.1 Å². The number of alkyl halides is 1. The second-order valence-electron chi connectivity index (χ2n) is 6.31. The van der Waals surface area contributed by atoms with Crippen molar-refractivity contribution in [3.8, 4) is 0 Å². The van der Waals surface area contributed by atoms with Crippen LogP contribution in [0.2, 0.25) is 0 Å². The number of benzene rings is 1. The molecular weight excluding hydrogens is 393 g/mol. The smallest absolute Gasteiger partial charge is 0.323 e. The van der Waals surface area contributed by atoms with Crippen LogP contribution >= 0.6 is 15.9 Å². The van der Waals surface area contributed by atoms with Crippen molar-refractivity contribution >= 4 is 32.8 Å². The molecule has 6 nitrogen and oxygen atoms in total. The summed E-state index contributed by atoms with van der Waals surface area (Å²) in [4.78, 5) is 13.6. The molecular formula is C17H21BrFN3O3. The van der Waals surface area contributed by atoms with E-state index in [1.165, 1.54) is 7.11 Å². The Bertz CT molecular complexity index is 780. The summed E-state index contributed by atoms with van der Waals surface area (Å²) in [6.07, 6.45) is -1.55. The first-order valence-corrected chi connectivity index (χ1v) is 9.00. The van der Waals surface area contributed by atoms with Crippen molar-refractivity contribution in [2.45, 2.75) is 38.2 Å². The molecule has 0 radical (unpaired) electrons. The number of hydrogen-bond donors (Lipinski definition) is 1. The third kappa shape index (κ3) is 3.70. The van der Waals surface area contributed by atoms with Gasteiger partial charge in [-0.3, -0.25) is 14.4 Å². The minimum atomic E-state index is -1.03. The lowest BCUT2D eigenvalue weighted by Gasteiger charge is -2.21. The van der Waals surface area contributed by atoms with Crippen LogP contribution in [0.5, 0.6) is 0 Å². The van der Waals surface area contributed by atoms with E-state index in [0.717, 1.165) is 15.4 Å². The molecule has 1 aromatic heterocycles. The van der Waals surface area contributed by atoms with Gasteiger partial charge in [-0.25, -0.2) is 4.39 Å². The van der Waals surface area contributed by atoms with Crippen LogP contribution in [0.25, 0.3) is 10.9 Å². The quantitative estimate of drug-likeness (QED) is 0.762. The molecule has 2 heterocycles. The Balaban J connectivity index is 1.82. The first-order chi connectivity index (χ1) is 11.9. The fraction of sp³-hybridized carbons (Fsp3) is 0.529. The standard InChI is InChI=1S/C17H21BrFN3O3/c1-10(23)16-13-7-11(18)3-4-14(13)22(20-16)6-5-21-9-12(19)8-15(21)17(24)25-2/h3-4,7,10,12,15,23H,5-6,8-9H2,1-2H3/t10?,12-,15+/m1/s1. The number of fused-ring (bicyclic) bond motifs is 1. The molecule has 1 saturated heterocycles. The number of carbonyl (C=O) groups is 1. The number of carbonyl (C=O) groups excluding carboxylic acids is 1. The Morgan fingerprint density at radius 1 is 1.52 bits per heavy atom. The summed E-state index contributed by atoms with van der Waals surface area (Å²) in [5.41, 5.74) is 1.50. The molecule has 136 valence electrons. The molecule has 1 unspecified atom stereocenters. The van der Waals surface area contributed by atoms with Gasteiger partial charge in [0.05, 0.1) is 31.0 Å². The summed E-state index contributed by atoms with van der Waals surface area (Å²) < 4.78 is 21.2. The molecule has 0 amide bonds.